The third kappa shape index (κ3) is 4.82. The summed E-state index contributed by atoms with van der Waals surface area (Å²) in [6.07, 6.45) is 1.51. The van der Waals surface area contributed by atoms with E-state index in [1.165, 1.54) is 26.2 Å². The number of rotatable bonds is 7. The summed E-state index contributed by atoms with van der Waals surface area (Å²) < 4.78 is 52.2. The lowest BCUT2D eigenvalue weighted by Crippen LogP contribution is -2.40. The van der Waals surface area contributed by atoms with E-state index in [0.29, 0.717) is 13.0 Å². The van der Waals surface area contributed by atoms with Crippen molar-refractivity contribution in [2.45, 2.75) is 29.6 Å². The number of nitrogens with zero attached hydrogens (tertiary/aromatic N) is 1. The van der Waals surface area contributed by atoms with Gasteiger partial charge >= 0.3 is 6.03 Å². The zero-order valence-corrected chi connectivity index (χ0v) is 15.9. The Bertz CT molecular complexity index is 807. The first-order valence-corrected chi connectivity index (χ1v) is 10.4. The Morgan fingerprint density at radius 2 is 1.83 bits per heavy atom. The van der Waals surface area contributed by atoms with Crippen LogP contribution in [-0.4, -0.2) is 47.8 Å². The molecule has 8 nitrogen and oxygen atoms in total. The first-order valence-electron chi connectivity index (χ1n) is 7.05. The van der Waals surface area contributed by atoms with Crippen molar-refractivity contribution >= 4 is 37.7 Å². The highest BCUT2D eigenvalue weighted by molar-refractivity contribution is 7.92. The van der Waals surface area contributed by atoms with Gasteiger partial charge in [-0.2, -0.15) is 0 Å². The van der Waals surface area contributed by atoms with Crippen LogP contribution in [0, 0.1) is 0 Å². The number of hydrogen-bond acceptors (Lipinski definition) is 5. The molecular formula is C13H20ClN3O5S2. The Morgan fingerprint density at radius 3 is 2.38 bits per heavy atom. The molecule has 0 spiro atoms. The van der Waals surface area contributed by atoms with Gasteiger partial charge < -0.3 is 5.32 Å². The second-order valence-corrected chi connectivity index (χ2v) is 9.22. The molecule has 0 unspecified atom stereocenters. The van der Waals surface area contributed by atoms with E-state index in [1.54, 1.807) is 4.72 Å². The van der Waals surface area contributed by atoms with Crippen LogP contribution in [0.4, 0.5) is 4.79 Å². The van der Waals surface area contributed by atoms with Gasteiger partial charge in [0, 0.05) is 20.6 Å². The second-order valence-electron chi connectivity index (χ2n) is 5.07. The normalized spacial score (nSPS) is 12.2. The number of urea groups is 1. The molecule has 0 saturated heterocycles. The van der Waals surface area contributed by atoms with Gasteiger partial charge in [0.2, 0.25) is 10.0 Å². The summed E-state index contributed by atoms with van der Waals surface area (Å²) in [5.74, 6) is 0. The number of benzene rings is 1. The molecule has 24 heavy (non-hydrogen) atoms. The molecule has 0 fully saturated rings. The minimum absolute atomic E-state index is 0.252. The number of hydrogen-bond donors (Lipinski definition) is 2. The summed E-state index contributed by atoms with van der Waals surface area (Å²) in [7, 11) is -6.05. The van der Waals surface area contributed by atoms with E-state index in [2.05, 4.69) is 5.32 Å². The van der Waals surface area contributed by atoms with E-state index in [-0.39, 0.29) is 5.02 Å². The molecule has 0 heterocycles. The zero-order chi connectivity index (χ0) is 18.5. The topological polar surface area (TPSA) is 113 Å². The second kappa shape index (κ2) is 8.15. The Labute approximate surface area is 147 Å². The summed E-state index contributed by atoms with van der Waals surface area (Å²) in [5.41, 5.74) is 0. The number of amides is 2. The molecule has 0 aliphatic carbocycles. The first kappa shape index (κ1) is 20.7. The third-order valence-electron chi connectivity index (χ3n) is 3.00. The maximum absolute atomic E-state index is 12.4. The zero-order valence-electron chi connectivity index (χ0n) is 13.5. The average molecular weight is 398 g/mol. The number of nitrogens with one attached hydrogen (secondary N) is 2. The van der Waals surface area contributed by atoms with Crippen LogP contribution in [0.5, 0.6) is 0 Å². The van der Waals surface area contributed by atoms with Gasteiger partial charge in [-0.15, -0.1) is 0 Å². The fraction of sp³-hybridized carbons (Fsp3) is 0.462. The Kier molecular flexibility index (Phi) is 7.02. The lowest BCUT2D eigenvalue weighted by Gasteiger charge is -2.17. The lowest BCUT2D eigenvalue weighted by atomic mass is 10.3. The molecule has 2 N–H and O–H groups in total. The molecule has 0 atom stereocenters. The maximum atomic E-state index is 12.4. The summed E-state index contributed by atoms with van der Waals surface area (Å²) in [4.78, 5) is 10.5. The SMILES string of the molecule is CCCCNC(=O)NS(=O)(=O)c1cccc(Cl)c1S(=O)(=O)N(C)C. The molecule has 2 amide bonds. The molecule has 136 valence electrons. The highest BCUT2D eigenvalue weighted by Gasteiger charge is 2.31. The lowest BCUT2D eigenvalue weighted by molar-refractivity contribution is 0.245. The van der Waals surface area contributed by atoms with Crippen LogP contribution >= 0.6 is 11.6 Å². The fourth-order valence-electron chi connectivity index (χ4n) is 1.73. The van der Waals surface area contributed by atoms with Gasteiger partial charge in [-0.05, 0) is 18.6 Å². The van der Waals surface area contributed by atoms with Crippen molar-refractivity contribution in [2.24, 2.45) is 0 Å². The Hall–Kier alpha value is -1.36. The molecule has 1 aromatic rings. The molecule has 0 aromatic heterocycles. The number of halogens is 1. The van der Waals surface area contributed by atoms with Crippen LogP contribution in [0.1, 0.15) is 19.8 Å². The summed E-state index contributed by atoms with van der Waals surface area (Å²) >= 11 is 5.90. The average Bonchev–Trinajstić information content (AvgIpc) is 2.46. The number of sulfonamides is 2. The van der Waals surface area contributed by atoms with Crippen molar-refractivity contribution in [2.75, 3.05) is 20.6 Å². The van der Waals surface area contributed by atoms with Crippen LogP contribution in [0.15, 0.2) is 28.0 Å². The van der Waals surface area contributed by atoms with Gasteiger partial charge in [-0.1, -0.05) is 31.0 Å². The maximum Gasteiger partial charge on any atom is 0.328 e. The Morgan fingerprint density at radius 1 is 1.21 bits per heavy atom. The van der Waals surface area contributed by atoms with Gasteiger partial charge in [0.25, 0.3) is 10.0 Å². The molecule has 0 saturated carbocycles. The van der Waals surface area contributed by atoms with Gasteiger partial charge in [0.05, 0.1) is 5.02 Å². The smallest absolute Gasteiger partial charge is 0.328 e. The predicted octanol–water partition coefficient (Wildman–Crippen LogP) is 1.38. The van der Waals surface area contributed by atoms with Crippen molar-refractivity contribution in [3.05, 3.63) is 23.2 Å². The van der Waals surface area contributed by atoms with E-state index in [1.807, 2.05) is 6.92 Å². The minimum Gasteiger partial charge on any atom is -0.337 e. The fourth-order valence-corrected chi connectivity index (χ4v) is 4.93. The van der Waals surface area contributed by atoms with Crippen molar-refractivity contribution in [3.8, 4) is 0 Å². The highest BCUT2D eigenvalue weighted by Crippen LogP contribution is 2.30. The number of carbonyl (C=O) groups is 1. The highest BCUT2D eigenvalue weighted by atomic mass is 35.5. The van der Waals surface area contributed by atoms with Gasteiger partial charge in [-0.25, -0.2) is 30.7 Å². The number of unbranched alkanes of at least 4 members (excludes halogenated alkanes) is 1. The van der Waals surface area contributed by atoms with E-state index in [4.69, 9.17) is 11.6 Å². The van der Waals surface area contributed by atoms with Gasteiger partial charge in [-0.3, -0.25) is 0 Å². The molecule has 0 bridgehead atoms. The largest absolute Gasteiger partial charge is 0.337 e. The standard InChI is InChI=1S/C13H20ClN3O5S2/c1-4-5-9-15-13(18)16-23(19,20)11-8-6-7-10(14)12(11)24(21,22)17(2)3/h6-8H,4-5,9H2,1-3H3,(H2,15,16,18). The van der Waals surface area contributed by atoms with Crippen molar-refractivity contribution in [1.82, 2.24) is 14.3 Å². The third-order valence-corrected chi connectivity index (χ3v) is 6.85. The number of carbonyl (C=O) groups excluding carboxylic acids is 1. The monoisotopic (exact) mass is 397 g/mol. The van der Waals surface area contributed by atoms with Crippen molar-refractivity contribution < 1.29 is 21.6 Å². The molecule has 11 heteroatoms. The Balaban J connectivity index is 3.27. The van der Waals surface area contributed by atoms with Crippen LogP contribution in [0.25, 0.3) is 0 Å². The molecule has 1 rings (SSSR count). The molecule has 0 aliphatic heterocycles. The van der Waals surface area contributed by atoms with Gasteiger partial charge in [0.15, 0.2) is 0 Å². The first-order chi connectivity index (χ1) is 11.0. The van der Waals surface area contributed by atoms with Gasteiger partial charge in [0.1, 0.15) is 9.79 Å². The summed E-state index contributed by atoms with van der Waals surface area (Å²) in [6, 6.07) is 2.69. The van der Waals surface area contributed by atoms with Crippen LogP contribution in [0.3, 0.4) is 0 Å². The van der Waals surface area contributed by atoms with Crippen LogP contribution in [0.2, 0.25) is 5.02 Å². The summed E-state index contributed by atoms with van der Waals surface area (Å²) in [5, 5.41) is 2.13. The van der Waals surface area contributed by atoms with Crippen LogP contribution in [-0.2, 0) is 20.0 Å². The van der Waals surface area contributed by atoms with Crippen LogP contribution < -0.4 is 10.0 Å². The van der Waals surface area contributed by atoms with Crippen molar-refractivity contribution in [3.63, 3.8) is 0 Å². The van der Waals surface area contributed by atoms with E-state index < -0.39 is 35.9 Å². The predicted molar refractivity (Wildman–Crippen MR) is 91.0 cm³/mol. The van der Waals surface area contributed by atoms with E-state index in [0.717, 1.165) is 16.8 Å². The summed E-state index contributed by atoms with van der Waals surface area (Å²) in [6.45, 7) is 2.22. The van der Waals surface area contributed by atoms with Crippen molar-refractivity contribution in [1.29, 1.82) is 0 Å². The molecular weight excluding hydrogens is 378 g/mol. The molecule has 1 aromatic carbocycles. The molecule has 0 radical (unpaired) electrons. The quantitative estimate of drug-likeness (QED) is 0.675. The van der Waals surface area contributed by atoms with E-state index in [9.17, 15) is 21.6 Å². The minimum atomic E-state index is -4.42. The molecule has 0 aliphatic rings. The van der Waals surface area contributed by atoms with E-state index >= 15 is 0 Å².